The number of para-hydroxylation sites is 1. The average molecular weight is 386 g/mol. The van der Waals surface area contributed by atoms with Gasteiger partial charge in [0.15, 0.2) is 5.82 Å². The molecule has 1 aromatic heterocycles. The summed E-state index contributed by atoms with van der Waals surface area (Å²) in [6.45, 7) is 4.08. The molecule has 2 aliphatic rings. The highest BCUT2D eigenvalue weighted by atomic mass is 19.1. The predicted molar refractivity (Wildman–Crippen MR) is 102 cm³/mol. The van der Waals surface area contributed by atoms with E-state index in [9.17, 15) is 9.18 Å². The Morgan fingerprint density at radius 2 is 2.04 bits per heavy atom. The average Bonchev–Trinajstić information content (AvgIpc) is 3.05. The minimum atomic E-state index is -0.611. The molecule has 8 heteroatoms. The van der Waals surface area contributed by atoms with E-state index in [0.717, 1.165) is 17.7 Å². The van der Waals surface area contributed by atoms with Crippen LogP contribution in [0.25, 0.3) is 0 Å². The Kier molecular flexibility index (Phi) is 5.13. The predicted octanol–water partition coefficient (Wildman–Crippen LogP) is 1.98. The van der Waals surface area contributed by atoms with E-state index in [1.165, 1.54) is 7.11 Å². The molecule has 4 rings (SSSR count). The molecule has 7 nitrogen and oxygen atoms in total. The molecule has 0 aliphatic carbocycles. The van der Waals surface area contributed by atoms with Gasteiger partial charge in [-0.1, -0.05) is 18.2 Å². The summed E-state index contributed by atoms with van der Waals surface area (Å²) in [6.07, 6.45) is 0.793. The van der Waals surface area contributed by atoms with Crippen LogP contribution in [0.3, 0.4) is 0 Å². The lowest BCUT2D eigenvalue weighted by atomic mass is 10.1. The molecule has 1 saturated heterocycles. The van der Waals surface area contributed by atoms with Gasteiger partial charge in [-0.2, -0.15) is 9.37 Å². The van der Waals surface area contributed by atoms with Crippen molar-refractivity contribution < 1.29 is 18.7 Å². The van der Waals surface area contributed by atoms with Gasteiger partial charge in [-0.15, -0.1) is 0 Å². The molecule has 1 unspecified atom stereocenters. The van der Waals surface area contributed by atoms with Crippen LogP contribution in [0.1, 0.15) is 18.3 Å². The van der Waals surface area contributed by atoms with Gasteiger partial charge in [-0.3, -0.25) is 4.79 Å². The lowest BCUT2D eigenvalue weighted by Crippen LogP contribution is -2.39. The van der Waals surface area contributed by atoms with Crippen molar-refractivity contribution in [3.63, 3.8) is 0 Å². The van der Waals surface area contributed by atoms with E-state index in [2.05, 4.69) is 9.97 Å². The van der Waals surface area contributed by atoms with Crippen LogP contribution < -0.4 is 14.5 Å². The fraction of sp³-hybridized carbons (Fsp3) is 0.450. The minimum absolute atomic E-state index is 0.0212. The fourth-order valence-corrected chi connectivity index (χ4v) is 3.82. The molecule has 0 spiro atoms. The van der Waals surface area contributed by atoms with Crippen LogP contribution in [0.15, 0.2) is 24.3 Å². The number of carbonyl (C=O) groups is 1. The van der Waals surface area contributed by atoms with Crippen LogP contribution in [-0.4, -0.2) is 55.3 Å². The van der Waals surface area contributed by atoms with Gasteiger partial charge in [0.25, 0.3) is 5.88 Å². The van der Waals surface area contributed by atoms with Gasteiger partial charge < -0.3 is 19.3 Å². The summed E-state index contributed by atoms with van der Waals surface area (Å²) in [7, 11) is 1.36. The molecule has 1 aromatic carbocycles. The number of methoxy groups -OCH3 is 1. The lowest BCUT2D eigenvalue weighted by Gasteiger charge is -2.28. The molecular weight excluding hydrogens is 363 g/mol. The largest absolute Gasteiger partial charge is 0.479 e. The van der Waals surface area contributed by atoms with Crippen LogP contribution in [-0.2, 0) is 22.4 Å². The first-order chi connectivity index (χ1) is 13.6. The Morgan fingerprint density at radius 1 is 1.29 bits per heavy atom. The van der Waals surface area contributed by atoms with Crippen molar-refractivity contribution in [2.24, 2.45) is 0 Å². The maximum Gasteiger partial charge on any atom is 0.255 e. The van der Waals surface area contributed by atoms with Crippen molar-refractivity contribution in [1.29, 1.82) is 0 Å². The lowest BCUT2D eigenvalue weighted by molar-refractivity contribution is -0.118. The second kappa shape index (κ2) is 7.71. The van der Waals surface area contributed by atoms with Gasteiger partial charge in [0.05, 0.1) is 26.7 Å². The number of benzene rings is 1. The van der Waals surface area contributed by atoms with Gasteiger partial charge in [-0.05, 0) is 25.0 Å². The van der Waals surface area contributed by atoms with Crippen LogP contribution >= 0.6 is 0 Å². The molecular formula is C20H23FN4O3. The quantitative estimate of drug-likeness (QED) is 0.801. The van der Waals surface area contributed by atoms with Crippen LogP contribution in [0.2, 0.25) is 0 Å². The molecule has 0 N–H and O–H groups in total. The number of aromatic nitrogens is 2. The van der Waals surface area contributed by atoms with Crippen molar-refractivity contribution in [3.05, 3.63) is 41.5 Å². The van der Waals surface area contributed by atoms with Gasteiger partial charge in [0.2, 0.25) is 11.7 Å². The molecule has 28 heavy (non-hydrogen) atoms. The molecule has 0 saturated carbocycles. The number of rotatable bonds is 4. The highest BCUT2D eigenvalue weighted by molar-refractivity contribution is 5.97. The van der Waals surface area contributed by atoms with Crippen molar-refractivity contribution in [2.75, 3.05) is 43.2 Å². The molecule has 0 radical (unpaired) electrons. The molecule has 2 aromatic rings. The van der Waals surface area contributed by atoms with Crippen molar-refractivity contribution >= 4 is 17.4 Å². The van der Waals surface area contributed by atoms with E-state index in [0.29, 0.717) is 26.3 Å². The number of nitrogens with zero attached hydrogens (tertiary/aromatic N) is 4. The fourth-order valence-electron chi connectivity index (χ4n) is 3.82. The molecule has 148 valence electrons. The van der Waals surface area contributed by atoms with E-state index in [-0.39, 0.29) is 35.9 Å². The monoisotopic (exact) mass is 386 g/mol. The number of hydrogen-bond acceptors (Lipinski definition) is 6. The van der Waals surface area contributed by atoms with Gasteiger partial charge >= 0.3 is 0 Å². The molecule has 2 aliphatic heterocycles. The molecule has 1 atom stereocenters. The number of halogens is 1. The Bertz CT molecular complexity index is 886. The number of anilines is 2. The van der Waals surface area contributed by atoms with Gasteiger partial charge in [0.1, 0.15) is 5.82 Å². The first-order valence-electron chi connectivity index (χ1n) is 9.41. The summed E-state index contributed by atoms with van der Waals surface area (Å²) in [6, 6.07) is 7.94. The standard InChI is InChI=1S/C20H23FN4O3/c1-13-11-14-5-3-4-6-15(14)25(13)17(26)12-16-22-19(18(21)20(23-16)27-2)24-7-9-28-10-8-24/h3-6,13H,7-12H2,1-2H3. The van der Waals surface area contributed by atoms with E-state index in [1.54, 1.807) is 9.80 Å². The maximum absolute atomic E-state index is 14.7. The van der Waals surface area contributed by atoms with Crippen LogP contribution in [0, 0.1) is 5.82 Å². The van der Waals surface area contributed by atoms with E-state index in [4.69, 9.17) is 9.47 Å². The van der Waals surface area contributed by atoms with E-state index >= 15 is 0 Å². The van der Waals surface area contributed by atoms with Gasteiger partial charge in [-0.25, -0.2) is 4.98 Å². The highest BCUT2D eigenvalue weighted by Crippen LogP contribution is 2.32. The molecule has 1 amide bonds. The summed E-state index contributed by atoms with van der Waals surface area (Å²) in [5.41, 5.74) is 2.07. The van der Waals surface area contributed by atoms with E-state index in [1.807, 2.05) is 31.2 Å². The zero-order chi connectivity index (χ0) is 19.7. The van der Waals surface area contributed by atoms with Crippen molar-refractivity contribution in [3.8, 4) is 5.88 Å². The number of fused-ring (bicyclic) bond motifs is 1. The second-order valence-electron chi connectivity index (χ2n) is 7.01. The zero-order valence-corrected chi connectivity index (χ0v) is 16.0. The first kappa shape index (κ1) is 18.6. The normalized spacial score (nSPS) is 18.9. The summed E-state index contributed by atoms with van der Waals surface area (Å²) in [4.78, 5) is 25.1. The summed E-state index contributed by atoms with van der Waals surface area (Å²) in [5.74, 6) is -0.456. The summed E-state index contributed by atoms with van der Waals surface area (Å²) >= 11 is 0. The van der Waals surface area contributed by atoms with E-state index < -0.39 is 5.82 Å². The molecule has 1 fully saturated rings. The number of hydrogen-bond donors (Lipinski definition) is 0. The third-order valence-electron chi connectivity index (χ3n) is 5.14. The summed E-state index contributed by atoms with van der Waals surface area (Å²) < 4.78 is 25.1. The Hall–Kier alpha value is -2.74. The number of morpholine rings is 1. The number of ether oxygens (including phenoxy) is 2. The number of amides is 1. The third-order valence-corrected chi connectivity index (χ3v) is 5.14. The number of carbonyl (C=O) groups excluding carboxylic acids is 1. The highest BCUT2D eigenvalue weighted by Gasteiger charge is 2.31. The minimum Gasteiger partial charge on any atom is -0.479 e. The SMILES string of the molecule is COc1nc(CC(=O)N2c3ccccc3CC2C)nc(N2CCOCC2)c1F. The van der Waals surface area contributed by atoms with Gasteiger partial charge in [0, 0.05) is 24.8 Å². The Labute approximate surface area is 163 Å². The third kappa shape index (κ3) is 3.40. The Balaban J connectivity index is 1.61. The topological polar surface area (TPSA) is 67.8 Å². The van der Waals surface area contributed by atoms with Crippen molar-refractivity contribution in [2.45, 2.75) is 25.8 Å². The van der Waals surface area contributed by atoms with Crippen molar-refractivity contribution in [1.82, 2.24) is 9.97 Å². The van der Waals surface area contributed by atoms with Crippen LogP contribution in [0.5, 0.6) is 5.88 Å². The smallest absolute Gasteiger partial charge is 0.255 e. The zero-order valence-electron chi connectivity index (χ0n) is 16.0. The maximum atomic E-state index is 14.7. The second-order valence-corrected chi connectivity index (χ2v) is 7.01. The molecule has 0 bridgehead atoms. The van der Waals surface area contributed by atoms with Crippen LogP contribution in [0.4, 0.5) is 15.9 Å². The molecule has 3 heterocycles. The first-order valence-corrected chi connectivity index (χ1v) is 9.41. The summed E-state index contributed by atoms with van der Waals surface area (Å²) in [5, 5.41) is 0. The Morgan fingerprint density at radius 3 is 2.79 bits per heavy atom.